The number of rotatable bonds is 0. The molecular weight excluding hydrogens is 160 g/mol. The maximum Gasteiger partial charge on any atom is 0.0785 e. The van der Waals surface area contributed by atoms with Gasteiger partial charge >= 0.3 is 0 Å². The predicted molar refractivity (Wildman–Crippen MR) is 45.9 cm³/mol. The zero-order valence-corrected chi connectivity index (χ0v) is 7.26. The van der Waals surface area contributed by atoms with Gasteiger partial charge in [-0.15, -0.1) is 11.6 Å². The van der Waals surface area contributed by atoms with Crippen LogP contribution in [0.4, 0.5) is 0 Å². The third-order valence-electron chi connectivity index (χ3n) is 2.59. The van der Waals surface area contributed by atoms with Crippen molar-refractivity contribution in [2.75, 3.05) is 6.61 Å². The Labute approximate surface area is 72.4 Å². The van der Waals surface area contributed by atoms with Gasteiger partial charge < -0.3 is 4.74 Å². The molecule has 1 heterocycles. The first-order chi connectivity index (χ1) is 5.36. The molecule has 0 amide bonds. The standard InChI is InChI=1S/C9H13ClO/c10-8-2-1-7-5-6-11-9(7)4-3-8/h3-4,7-9H,1-2,5-6H2/t7-,8-,9-/m0/s1. The second-order valence-corrected chi connectivity index (χ2v) is 3.92. The number of allylic oxidation sites excluding steroid dienone is 1. The molecule has 0 bridgehead atoms. The molecule has 0 aromatic rings. The molecule has 0 saturated carbocycles. The number of hydrogen-bond donors (Lipinski definition) is 0. The van der Waals surface area contributed by atoms with Crippen LogP contribution in [0.5, 0.6) is 0 Å². The summed E-state index contributed by atoms with van der Waals surface area (Å²) in [5.74, 6) is 0.745. The fourth-order valence-corrected chi connectivity index (χ4v) is 2.09. The van der Waals surface area contributed by atoms with Crippen LogP contribution in [-0.2, 0) is 4.74 Å². The average molecular weight is 173 g/mol. The molecule has 0 N–H and O–H groups in total. The van der Waals surface area contributed by atoms with Crippen LogP contribution in [0, 0.1) is 5.92 Å². The monoisotopic (exact) mass is 172 g/mol. The van der Waals surface area contributed by atoms with E-state index in [1.54, 1.807) is 0 Å². The summed E-state index contributed by atoms with van der Waals surface area (Å²) in [5, 5.41) is 0.240. The Morgan fingerprint density at radius 3 is 3.00 bits per heavy atom. The van der Waals surface area contributed by atoms with Crippen molar-refractivity contribution in [3.8, 4) is 0 Å². The second-order valence-electron chi connectivity index (χ2n) is 3.36. The fourth-order valence-electron chi connectivity index (χ4n) is 1.88. The lowest BCUT2D eigenvalue weighted by molar-refractivity contribution is 0.127. The van der Waals surface area contributed by atoms with Crippen LogP contribution in [0.2, 0.25) is 0 Å². The summed E-state index contributed by atoms with van der Waals surface area (Å²) >= 11 is 5.99. The first-order valence-corrected chi connectivity index (χ1v) is 4.74. The zero-order valence-electron chi connectivity index (χ0n) is 6.50. The van der Waals surface area contributed by atoms with Crippen LogP contribution in [-0.4, -0.2) is 18.1 Å². The summed E-state index contributed by atoms with van der Waals surface area (Å²) in [5.41, 5.74) is 0. The molecule has 1 fully saturated rings. The molecule has 2 heteroatoms. The van der Waals surface area contributed by atoms with Gasteiger partial charge in [-0.1, -0.05) is 12.2 Å². The van der Waals surface area contributed by atoms with E-state index in [0.717, 1.165) is 18.9 Å². The van der Waals surface area contributed by atoms with E-state index in [0.29, 0.717) is 6.10 Å². The van der Waals surface area contributed by atoms with Gasteiger partial charge in [0.1, 0.15) is 0 Å². The van der Waals surface area contributed by atoms with Gasteiger partial charge in [-0.05, 0) is 25.2 Å². The molecule has 0 aromatic heterocycles. The number of halogens is 1. The van der Waals surface area contributed by atoms with Gasteiger partial charge in [0.2, 0.25) is 0 Å². The Balaban J connectivity index is 2.06. The van der Waals surface area contributed by atoms with Crippen molar-refractivity contribution in [3.05, 3.63) is 12.2 Å². The SMILES string of the molecule is Cl[C@@H]1C=C[C@@H]2OCC[C@@H]2CC1. The second kappa shape index (κ2) is 3.16. The van der Waals surface area contributed by atoms with Gasteiger partial charge in [0.25, 0.3) is 0 Å². The average Bonchev–Trinajstić information content (AvgIpc) is 2.38. The number of fused-ring (bicyclic) bond motifs is 1. The van der Waals surface area contributed by atoms with Crippen LogP contribution in [0.1, 0.15) is 19.3 Å². The van der Waals surface area contributed by atoms with Crippen LogP contribution in [0.15, 0.2) is 12.2 Å². The van der Waals surface area contributed by atoms with Gasteiger partial charge in [-0.3, -0.25) is 0 Å². The van der Waals surface area contributed by atoms with E-state index in [-0.39, 0.29) is 5.38 Å². The van der Waals surface area contributed by atoms with Crippen molar-refractivity contribution in [3.63, 3.8) is 0 Å². The smallest absolute Gasteiger partial charge is 0.0785 e. The molecule has 1 nitrogen and oxygen atoms in total. The largest absolute Gasteiger partial charge is 0.374 e. The maximum atomic E-state index is 5.99. The molecule has 1 saturated heterocycles. The molecule has 2 rings (SSSR count). The van der Waals surface area contributed by atoms with E-state index in [1.807, 2.05) is 0 Å². The van der Waals surface area contributed by atoms with Gasteiger partial charge in [0, 0.05) is 6.61 Å². The van der Waals surface area contributed by atoms with Crippen LogP contribution in [0.25, 0.3) is 0 Å². The zero-order chi connectivity index (χ0) is 7.68. The lowest BCUT2D eigenvalue weighted by Gasteiger charge is -2.11. The van der Waals surface area contributed by atoms with E-state index >= 15 is 0 Å². The van der Waals surface area contributed by atoms with Crippen LogP contribution < -0.4 is 0 Å². The van der Waals surface area contributed by atoms with E-state index in [1.165, 1.54) is 12.8 Å². The molecular formula is C9H13ClO. The summed E-state index contributed by atoms with van der Waals surface area (Å²) < 4.78 is 5.54. The van der Waals surface area contributed by atoms with Gasteiger partial charge in [0.15, 0.2) is 0 Å². The Morgan fingerprint density at radius 2 is 2.09 bits per heavy atom. The Morgan fingerprint density at radius 1 is 1.18 bits per heavy atom. The Hall–Kier alpha value is -0.0100. The molecule has 1 aliphatic heterocycles. The number of alkyl halides is 1. The van der Waals surface area contributed by atoms with Gasteiger partial charge in [-0.2, -0.15) is 0 Å². The minimum atomic E-state index is 0.240. The fraction of sp³-hybridized carbons (Fsp3) is 0.778. The third kappa shape index (κ3) is 1.60. The molecule has 11 heavy (non-hydrogen) atoms. The summed E-state index contributed by atoms with van der Waals surface area (Å²) in [6.07, 6.45) is 8.16. The lowest BCUT2D eigenvalue weighted by atomic mass is 9.97. The van der Waals surface area contributed by atoms with Crippen molar-refractivity contribution in [2.24, 2.45) is 5.92 Å². The topological polar surface area (TPSA) is 9.23 Å². The molecule has 0 unspecified atom stereocenters. The van der Waals surface area contributed by atoms with Gasteiger partial charge in [-0.25, -0.2) is 0 Å². The summed E-state index contributed by atoms with van der Waals surface area (Å²) in [4.78, 5) is 0. The first kappa shape index (κ1) is 7.63. The van der Waals surface area contributed by atoms with Crippen LogP contribution in [0.3, 0.4) is 0 Å². The highest BCUT2D eigenvalue weighted by molar-refractivity contribution is 6.21. The number of hydrogen-bond acceptors (Lipinski definition) is 1. The molecule has 0 aromatic carbocycles. The van der Waals surface area contributed by atoms with E-state index in [9.17, 15) is 0 Å². The predicted octanol–water partition coefficient (Wildman–Crippen LogP) is 2.35. The summed E-state index contributed by atoms with van der Waals surface area (Å²) in [6, 6.07) is 0. The maximum absolute atomic E-state index is 5.99. The quantitative estimate of drug-likeness (QED) is 0.403. The Bertz CT molecular complexity index is 167. The lowest BCUT2D eigenvalue weighted by Crippen LogP contribution is -2.11. The highest BCUT2D eigenvalue weighted by atomic mass is 35.5. The van der Waals surface area contributed by atoms with E-state index in [4.69, 9.17) is 16.3 Å². The summed E-state index contributed by atoms with van der Waals surface area (Å²) in [7, 11) is 0. The van der Waals surface area contributed by atoms with Crippen molar-refractivity contribution in [2.45, 2.75) is 30.7 Å². The molecule has 0 radical (unpaired) electrons. The minimum absolute atomic E-state index is 0.240. The highest BCUT2D eigenvalue weighted by Gasteiger charge is 2.28. The van der Waals surface area contributed by atoms with Crippen molar-refractivity contribution in [1.82, 2.24) is 0 Å². The number of ether oxygens (including phenoxy) is 1. The first-order valence-electron chi connectivity index (χ1n) is 4.30. The molecule has 0 spiro atoms. The Kier molecular flexibility index (Phi) is 2.19. The van der Waals surface area contributed by atoms with Crippen molar-refractivity contribution < 1.29 is 4.74 Å². The molecule has 62 valence electrons. The van der Waals surface area contributed by atoms with Gasteiger partial charge in [0.05, 0.1) is 11.5 Å². The van der Waals surface area contributed by atoms with Crippen molar-refractivity contribution >= 4 is 11.6 Å². The van der Waals surface area contributed by atoms with E-state index < -0.39 is 0 Å². The summed E-state index contributed by atoms with van der Waals surface area (Å²) in [6.45, 7) is 0.937. The van der Waals surface area contributed by atoms with Crippen molar-refractivity contribution in [1.29, 1.82) is 0 Å². The minimum Gasteiger partial charge on any atom is -0.374 e. The highest BCUT2D eigenvalue weighted by Crippen LogP contribution is 2.30. The van der Waals surface area contributed by atoms with E-state index in [2.05, 4.69) is 12.2 Å². The van der Waals surface area contributed by atoms with Crippen LogP contribution >= 0.6 is 11.6 Å². The molecule has 3 atom stereocenters. The third-order valence-corrected chi connectivity index (χ3v) is 2.95. The molecule has 1 aliphatic carbocycles. The normalized spacial score (nSPS) is 43.5. The molecule has 2 aliphatic rings.